The van der Waals surface area contributed by atoms with E-state index in [1.54, 1.807) is 6.07 Å². The second-order valence-electron chi connectivity index (χ2n) is 4.46. The Labute approximate surface area is 142 Å². The van der Waals surface area contributed by atoms with Crippen LogP contribution in [0.15, 0.2) is 40.9 Å². The van der Waals surface area contributed by atoms with Crippen LogP contribution in [0.2, 0.25) is 15.1 Å². The Morgan fingerprint density at radius 3 is 2.55 bits per heavy atom. The van der Waals surface area contributed by atoms with Gasteiger partial charge in [0.2, 0.25) is 0 Å². The first-order chi connectivity index (χ1) is 9.51. The molecule has 0 saturated heterocycles. The van der Waals surface area contributed by atoms with Crippen molar-refractivity contribution in [1.82, 2.24) is 5.32 Å². The van der Waals surface area contributed by atoms with Crippen LogP contribution in [0, 0.1) is 0 Å². The fourth-order valence-corrected chi connectivity index (χ4v) is 3.37. The molecule has 0 aliphatic carbocycles. The highest BCUT2D eigenvalue weighted by Crippen LogP contribution is 2.31. The summed E-state index contributed by atoms with van der Waals surface area (Å²) in [5, 5.41) is 5.17. The minimum absolute atomic E-state index is 0.112. The van der Waals surface area contributed by atoms with Crippen LogP contribution in [0.5, 0.6) is 0 Å². The largest absolute Gasteiger partial charge is 0.313 e. The molecule has 0 spiro atoms. The number of benzene rings is 2. The molecule has 106 valence electrons. The summed E-state index contributed by atoms with van der Waals surface area (Å²) < 4.78 is 0.956. The molecule has 0 aromatic heterocycles. The van der Waals surface area contributed by atoms with Gasteiger partial charge < -0.3 is 5.32 Å². The maximum atomic E-state index is 6.25. The minimum atomic E-state index is 0.112. The molecule has 20 heavy (non-hydrogen) atoms. The van der Waals surface area contributed by atoms with Gasteiger partial charge >= 0.3 is 0 Å². The van der Waals surface area contributed by atoms with Crippen molar-refractivity contribution in [2.24, 2.45) is 0 Å². The zero-order chi connectivity index (χ0) is 14.7. The lowest BCUT2D eigenvalue weighted by Gasteiger charge is -2.18. The summed E-state index contributed by atoms with van der Waals surface area (Å²) in [6, 6.07) is 11.7. The van der Waals surface area contributed by atoms with Crippen molar-refractivity contribution in [2.75, 3.05) is 7.05 Å². The second kappa shape index (κ2) is 7.15. The van der Waals surface area contributed by atoms with E-state index in [9.17, 15) is 0 Å². The average Bonchev–Trinajstić information content (AvgIpc) is 2.39. The molecule has 0 aliphatic rings. The minimum Gasteiger partial charge on any atom is -0.313 e. The topological polar surface area (TPSA) is 12.0 Å². The van der Waals surface area contributed by atoms with Crippen LogP contribution in [-0.4, -0.2) is 7.05 Å². The summed E-state index contributed by atoms with van der Waals surface area (Å²) in [6.07, 6.45) is 0.739. The second-order valence-corrected chi connectivity index (χ2v) is 6.60. The van der Waals surface area contributed by atoms with Crippen LogP contribution < -0.4 is 5.32 Å². The van der Waals surface area contributed by atoms with E-state index in [-0.39, 0.29) is 6.04 Å². The van der Waals surface area contributed by atoms with Gasteiger partial charge in [-0.15, -0.1) is 0 Å². The predicted molar refractivity (Wildman–Crippen MR) is 91.1 cm³/mol. The first kappa shape index (κ1) is 16.1. The Morgan fingerprint density at radius 1 is 1.15 bits per heavy atom. The van der Waals surface area contributed by atoms with Gasteiger partial charge in [0, 0.05) is 15.5 Å². The lowest BCUT2D eigenvalue weighted by Crippen LogP contribution is -2.19. The van der Waals surface area contributed by atoms with Crippen molar-refractivity contribution >= 4 is 50.7 Å². The molecule has 0 fully saturated rings. The third kappa shape index (κ3) is 3.90. The van der Waals surface area contributed by atoms with Gasteiger partial charge in [0.05, 0.1) is 10.0 Å². The van der Waals surface area contributed by atoms with Gasteiger partial charge in [-0.05, 0) is 48.9 Å². The molecular formula is C15H13BrCl3N. The van der Waals surface area contributed by atoms with Crippen molar-refractivity contribution in [3.63, 3.8) is 0 Å². The summed E-state index contributed by atoms with van der Waals surface area (Å²) in [5.41, 5.74) is 2.11. The lowest BCUT2D eigenvalue weighted by molar-refractivity contribution is 0.592. The van der Waals surface area contributed by atoms with Gasteiger partial charge in [-0.3, -0.25) is 0 Å². The van der Waals surface area contributed by atoms with E-state index < -0.39 is 0 Å². The first-order valence-corrected chi connectivity index (χ1v) is 8.00. The molecule has 5 heteroatoms. The molecule has 0 bridgehead atoms. The molecule has 2 aromatic carbocycles. The fourth-order valence-electron chi connectivity index (χ4n) is 2.09. The maximum Gasteiger partial charge on any atom is 0.0624 e. The Morgan fingerprint density at radius 2 is 1.90 bits per heavy atom. The summed E-state index contributed by atoms with van der Waals surface area (Å²) in [7, 11) is 1.91. The van der Waals surface area contributed by atoms with Crippen LogP contribution in [0.25, 0.3) is 0 Å². The summed E-state index contributed by atoms with van der Waals surface area (Å²) in [4.78, 5) is 0. The van der Waals surface area contributed by atoms with E-state index in [4.69, 9.17) is 34.8 Å². The number of hydrogen-bond acceptors (Lipinski definition) is 1. The van der Waals surface area contributed by atoms with Crippen LogP contribution in [0.3, 0.4) is 0 Å². The summed E-state index contributed by atoms with van der Waals surface area (Å²) in [5.74, 6) is 0. The zero-order valence-electron chi connectivity index (χ0n) is 10.8. The molecule has 1 N–H and O–H groups in total. The summed E-state index contributed by atoms with van der Waals surface area (Å²) >= 11 is 21.9. The number of likely N-dealkylation sites (N-methyl/N-ethyl adjacent to an activating group) is 1. The standard InChI is InChI=1S/C15H13BrCl3N/c1-20-14(10-5-11(16)8-12(17)6-10)7-9-3-2-4-13(18)15(9)19/h2-6,8,14,20H,7H2,1H3. The van der Waals surface area contributed by atoms with Gasteiger partial charge in [-0.2, -0.15) is 0 Å². The molecule has 1 unspecified atom stereocenters. The Kier molecular flexibility index (Phi) is 5.76. The van der Waals surface area contributed by atoms with Crippen molar-refractivity contribution in [1.29, 1.82) is 0 Å². The normalized spacial score (nSPS) is 12.4. The van der Waals surface area contributed by atoms with E-state index in [2.05, 4.69) is 21.2 Å². The molecule has 0 aliphatic heterocycles. The number of halogens is 4. The van der Waals surface area contributed by atoms with Gasteiger partial charge in [0.1, 0.15) is 0 Å². The van der Waals surface area contributed by atoms with E-state index in [0.29, 0.717) is 15.1 Å². The van der Waals surface area contributed by atoms with Crippen LogP contribution in [0.1, 0.15) is 17.2 Å². The Bertz CT molecular complexity index is 596. The third-order valence-corrected chi connectivity index (χ3v) is 4.63. The molecule has 1 nitrogen and oxygen atoms in total. The van der Waals surface area contributed by atoms with Crippen molar-refractivity contribution < 1.29 is 0 Å². The lowest BCUT2D eigenvalue weighted by atomic mass is 9.99. The molecule has 0 radical (unpaired) electrons. The highest BCUT2D eigenvalue weighted by Gasteiger charge is 2.14. The smallest absolute Gasteiger partial charge is 0.0624 e. The van der Waals surface area contributed by atoms with E-state index in [1.807, 2.05) is 37.4 Å². The Hall–Kier alpha value is -0.250. The highest BCUT2D eigenvalue weighted by atomic mass is 79.9. The highest BCUT2D eigenvalue weighted by molar-refractivity contribution is 9.10. The fraction of sp³-hybridized carbons (Fsp3) is 0.200. The first-order valence-electron chi connectivity index (χ1n) is 6.07. The molecule has 0 amide bonds. The summed E-state index contributed by atoms with van der Waals surface area (Å²) in [6.45, 7) is 0. The number of rotatable bonds is 4. The molecule has 0 saturated carbocycles. The quantitative estimate of drug-likeness (QED) is 0.681. The number of nitrogens with one attached hydrogen (secondary N) is 1. The van der Waals surface area contributed by atoms with E-state index >= 15 is 0 Å². The molecule has 1 atom stereocenters. The van der Waals surface area contributed by atoms with Crippen LogP contribution in [0.4, 0.5) is 0 Å². The molecule has 0 heterocycles. The van der Waals surface area contributed by atoms with Crippen LogP contribution in [-0.2, 0) is 6.42 Å². The van der Waals surface area contributed by atoms with E-state index in [1.165, 1.54) is 0 Å². The van der Waals surface area contributed by atoms with Gasteiger partial charge in [-0.25, -0.2) is 0 Å². The van der Waals surface area contributed by atoms with E-state index in [0.717, 1.165) is 22.0 Å². The average molecular weight is 394 g/mol. The SMILES string of the molecule is CNC(Cc1cccc(Cl)c1Cl)c1cc(Cl)cc(Br)c1. The maximum absolute atomic E-state index is 6.25. The van der Waals surface area contributed by atoms with Gasteiger partial charge in [0.25, 0.3) is 0 Å². The molecular weight excluding hydrogens is 380 g/mol. The molecule has 2 rings (SSSR count). The van der Waals surface area contributed by atoms with Gasteiger partial charge in [-0.1, -0.05) is 62.9 Å². The predicted octanol–water partition coefficient (Wildman–Crippen LogP) is 5.91. The van der Waals surface area contributed by atoms with Gasteiger partial charge in [0.15, 0.2) is 0 Å². The zero-order valence-corrected chi connectivity index (χ0v) is 14.6. The third-order valence-electron chi connectivity index (χ3n) is 3.09. The van der Waals surface area contributed by atoms with Crippen molar-refractivity contribution in [3.05, 3.63) is 67.1 Å². The molecule has 2 aromatic rings. The van der Waals surface area contributed by atoms with Crippen molar-refractivity contribution in [3.8, 4) is 0 Å². The number of hydrogen-bond donors (Lipinski definition) is 1. The van der Waals surface area contributed by atoms with Crippen LogP contribution >= 0.6 is 50.7 Å². The Balaban J connectivity index is 2.31. The van der Waals surface area contributed by atoms with Crippen molar-refractivity contribution in [2.45, 2.75) is 12.5 Å². The monoisotopic (exact) mass is 391 g/mol.